The van der Waals surface area contributed by atoms with Crippen LogP contribution in [-0.2, 0) is 6.54 Å². The number of aromatic nitrogens is 4. The van der Waals surface area contributed by atoms with E-state index >= 15 is 0 Å². The molecule has 4 aromatic rings. The van der Waals surface area contributed by atoms with Gasteiger partial charge in [0, 0.05) is 23.5 Å². The molecule has 8 heteroatoms. The largest absolute Gasteiger partial charge is 0.492 e. The van der Waals surface area contributed by atoms with E-state index in [9.17, 15) is 4.79 Å². The molecule has 0 aliphatic carbocycles. The first kappa shape index (κ1) is 20.0. The van der Waals surface area contributed by atoms with Gasteiger partial charge in [-0.1, -0.05) is 35.5 Å². The van der Waals surface area contributed by atoms with Crippen LogP contribution in [0.15, 0.2) is 90.4 Å². The minimum Gasteiger partial charge on any atom is -0.492 e. The second-order valence-corrected chi connectivity index (χ2v) is 6.59. The van der Waals surface area contributed by atoms with Crippen molar-refractivity contribution < 1.29 is 9.53 Å². The number of hydrazone groups is 1. The number of carbonyl (C=O) groups excluding carboxylic acids is 1. The van der Waals surface area contributed by atoms with Gasteiger partial charge in [-0.15, -0.1) is 5.10 Å². The molecule has 31 heavy (non-hydrogen) atoms. The smallest absolute Gasteiger partial charge is 0.271 e. The predicted octanol–water partition coefficient (Wildman–Crippen LogP) is 3.18. The van der Waals surface area contributed by atoms with E-state index < -0.39 is 0 Å². The monoisotopic (exact) mass is 412 g/mol. The fourth-order valence-electron chi connectivity index (χ4n) is 2.79. The molecule has 0 saturated carbocycles. The lowest BCUT2D eigenvalue weighted by atomic mass is 10.2. The van der Waals surface area contributed by atoms with Crippen LogP contribution in [0.5, 0.6) is 5.75 Å². The lowest BCUT2D eigenvalue weighted by molar-refractivity contribution is 0.0955. The second kappa shape index (κ2) is 9.93. The number of hydrogen-bond acceptors (Lipinski definition) is 6. The van der Waals surface area contributed by atoms with Crippen molar-refractivity contribution in [1.29, 1.82) is 0 Å². The van der Waals surface area contributed by atoms with Gasteiger partial charge in [0.15, 0.2) is 0 Å². The minimum absolute atomic E-state index is 0.290. The maximum absolute atomic E-state index is 11.9. The number of nitrogens with one attached hydrogen (secondary N) is 1. The molecule has 8 nitrogen and oxygen atoms in total. The zero-order chi connectivity index (χ0) is 21.3. The predicted molar refractivity (Wildman–Crippen MR) is 117 cm³/mol. The molecule has 1 N–H and O–H groups in total. The van der Waals surface area contributed by atoms with Crippen LogP contribution >= 0.6 is 0 Å². The number of ether oxygens (including phenoxy) is 1. The van der Waals surface area contributed by atoms with Gasteiger partial charge in [-0.25, -0.2) is 10.1 Å². The first-order valence-corrected chi connectivity index (χ1v) is 9.70. The standard InChI is InChI=1S/C23H20N6O2/c30-23(20-10-12-24-13-11-20)27-25-16-18-6-8-21(9-7-18)31-15-14-29-17-22(26-28-29)19-4-2-1-3-5-19/h1-13,16-17H,14-15H2,(H,27,30)/b25-16+. The summed E-state index contributed by atoms with van der Waals surface area (Å²) in [6, 6.07) is 20.6. The van der Waals surface area contributed by atoms with Crippen LogP contribution in [-0.4, -0.2) is 38.7 Å². The first-order valence-electron chi connectivity index (χ1n) is 9.70. The van der Waals surface area contributed by atoms with Gasteiger partial charge in [0.25, 0.3) is 5.91 Å². The topological polar surface area (TPSA) is 94.3 Å². The molecule has 0 saturated heterocycles. The van der Waals surface area contributed by atoms with Gasteiger partial charge in [-0.2, -0.15) is 5.10 Å². The maximum atomic E-state index is 11.9. The molecular weight excluding hydrogens is 392 g/mol. The van der Waals surface area contributed by atoms with Crippen LogP contribution in [0.2, 0.25) is 0 Å². The highest BCUT2D eigenvalue weighted by molar-refractivity contribution is 5.94. The molecule has 0 radical (unpaired) electrons. The van der Waals surface area contributed by atoms with E-state index in [1.54, 1.807) is 35.4 Å². The summed E-state index contributed by atoms with van der Waals surface area (Å²) in [6.07, 6.45) is 6.59. The number of benzene rings is 2. The van der Waals surface area contributed by atoms with Gasteiger partial charge in [0.2, 0.25) is 0 Å². The molecule has 0 bridgehead atoms. The van der Waals surface area contributed by atoms with E-state index in [1.165, 1.54) is 0 Å². The van der Waals surface area contributed by atoms with Crippen molar-refractivity contribution in [2.75, 3.05) is 6.61 Å². The van der Waals surface area contributed by atoms with Gasteiger partial charge in [-0.05, 0) is 42.0 Å². The van der Waals surface area contributed by atoms with Gasteiger partial charge in [0.1, 0.15) is 18.1 Å². The van der Waals surface area contributed by atoms with E-state index in [2.05, 4.69) is 25.8 Å². The average molecular weight is 412 g/mol. The number of hydrogen-bond donors (Lipinski definition) is 1. The van der Waals surface area contributed by atoms with E-state index in [1.807, 2.05) is 60.8 Å². The fourth-order valence-corrected chi connectivity index (χ4v) is 2.79. The SMILES string of the molecule is O=C(N/N=C/c1ccc(OCCn2cc(-c3ccccc3)nn2)cc1)c1ccncc1. The van der Waals surface area contributed by atoms with Crippen LogP contribution in [0.4, 0.5) is 0 Å². The summed E-state index contributed by atoms with van der Waals surface area (Å²) < 4.78 is 7.53. The summed E-state index contributed by atoms with van der Waals surface area (Å²) in [4.78, 5) is 15.8. The van der Waals surface area contributed by atoms with Crippen LogP contribution in [0.3, 0.4) is 0 Å². The summed E-state index contributed by atoms with van der Waals surface area (Å²) in [5.74, 6) is 0.448. The van der Waals surface area contributed by atoms with Crippen molar-refractivity contribution in [3.8, 4) is 17.0 Å². The number of amides is 1. The van der Waals surface area contributed by atoms with Crippen LogP contribution in [0.1, 0.15) is 15.9 Å². The van der Waals surface area contributed by atoms with Gasteiger partial charge >= 0.3 is 0 Å². The average Bonchev–Trinajstić information content (AvgIpc) is 3.30. The Kier molecular flexibility index (Phi) is 6.39. The van der Waals surface area contributed by atoms with Gasteiger partial charge in [0.05, 0.1) is 19.0 Å². The Hall–Kier alpha value is -4.33. The van der Waals surface area contributed by atoms with E-state index in [0.717, 1.165) is 22.6 Å². The molecular formula is C23H20N6O2. The van der Waals surface area contributed by atoms with E-state index in [0.29, 0.717) is 18.7 Å². The van der Waals surface area contributed by atoms with Crippen molar-refractivity contribution in [2.24, 2.45) is 5.10 Å². The summed E-state index contributed by atoms with van der Waals surface area (Å²) in [5.41, 5.74) is 5.69. The van der Waals surface area contributed by atoms with Crippen LogP contribution < -0.4 is 10.2 Å². The molecule has 0 fully saturated rings. The number of carbonyl (C=O) groups is 1. The number of pyridine rings is 1. The molecule has 0 aliphatic rings. The number of rotatable bonds is 8. The molecule has 154 valence electrons. The van der Waals surface area contributed by atoms with Crippen molar-refractivity contribution in [1.82, 2.24) is 25.4 Å². The third kappa shape index (κ3) is 5.60. The Morgan fingerprint density at radius 2 is 1.81 bits per heavy atom. The van der Waals surface area contributed by atoms with Crippen LogP contribution in [0, 0.1) is 0 Å². The van der Waals surface area contributed by atoms with Crippen molar-refractivity contribution in [2.45, 2.75) is 6.54 Å². The molecule has 4 rings (SSSR count). The Balaban J connectivity index is 1.24. The Bertz CT molecular complexity index is 1140. The summed E-state index contributed by atoms with van der Waals surface area (Å²) in [7, 11) is 0. The Morgan fingerprint density at radius 1 is 1.03 bits per heavy atom. The fraction of sp³-hybridized carbons (Fsp3) is 0.0870. The zero-order valence-electron chi connectivity index (χ0n) is 16.6. The molecule has 0 spiro atoms. The normalized spacial score (nSPS) is 10.8. The van der Waals surface area contributed by atoms with Crippen molar-refractivity contribution >= 4 is 12.1 Å². The summed E-state index contributed by atoms with van der Waals surface area (Å²) >= 11 is 0. The quantitative estimate of drug-likeness (QED) is 0.354. The van der Waals surface area contributed by atoms with Gasteiger partial charge < -0.3 is 4.74 Å². The third-order valence-corrected chi connectivity index (χ3v) is 4.40. The molecule has 2 aromatic heterocycles. The van der Waals surface area contributed by atoms with Crippen molar-refractivity contribution in [3.63, 3.8) is 0 Å². The second-order valence-electron chi connectivity index (χ2n) is 6.59. The number of nitrogens with zero attached hydrogens (tertiary/aromatic N) is 5. The molecule has 2 heterocycles. The van der Waals surface area contributed by atoms with Gasteiger partial charge in [-0.3, -0.25) is 9.78 Å². The molecule has 2 aromatic carbocycles. The summed E-state index contributed by atoms with van der Waals surface area (Å²) in [6.45, 7) is 1.05. The lowest BCUT2D eigenvalue weighted by Crippen LogP contribution is -2.17. The van der Waals surface area contributed by atoms with Crippen molar-refractivity contribution in [3.05, 3.63) is 96.4 Å². The minimum atomic E-state index is -0.290. The third-order valence-electron chi connectivity index (χ3n) is 4.40. The zero-order valence-corrected chi connectivity index (χ0v) is 16.6. The highest BCUT2D eigenvalue weighted by Crippen LogP contribution is 2.15. The summed E-state index contributed by atoms with van der Waals surface area (Å²) in [5, 5.41) is 12.3. The Morgan fingerprint density at radius 3 is 2.58 bits per heavy atom. The molecule has 0 unspecified atom stereocenters. The molecule has 1 amide bonds. The highest BCUT2D eigenvalue weighted by atomic mass is 16.5. The molecule has 0 atom stereocenters. The molecule has 0 aliphatic heterocycles. The maximum Gasteiger partial charge on any atom is 0.271 e. The van der Waals surface area contributed by atoms with E-state index in [-0.39, 0.29) is 5.91 Å². The van der Waals surface area contributed by atoms with Crippen LogP contribution in [0.25, 0.3) is 11.3 Å². The highest BCUT2D eigenvalue weighted by Gasteiger charge is 2.04. The lowest BCUT2D eigenvalue weighted by Gasteiger charge is -2.06. The first-order chi connectivity index (χ1) is 15.3. The Labute approximate surface area is 179 Å². The van der Waals surface area contributed by atoms with E-state index in [4.69, 9.17) is 4.74 Å².